The van der Waals surface area contributed by atoms with Gasteiger partial charge < -0.3 is 25.6 Å². The number of amides is 2. The van der Waals surface area contributed by atoms with Crippen molar-refractivity contribution in [3.05, 3.63) is 28.8 Å². The summed E-state index contributed by atoms with van der Waals surface area (Å²) >= 11 is 6.25. The van der Waals surface area contributed by atoms with Gasteiger partial charge in [-0.25, -0.2) is 4.79 Å². The van der Waals surface area contributed by atoms with E-state index in [1.165, 1.54) is 0 Å². The number of carbonyl (C=O) groups is 2. The monoisotopic (exact) mass is 396 g/mol. The van der Waals surface area contributed by atoms with Gasteiger partial charge in [0.25, 0.3) is 0 Å². The number of nitrogens with two attached hydrogens (primary N) is 1. The Labute approximate surface area is 164 Å². The van der Waals surface area contributed by atoms with Gasteiger partial charge in [-0.05, 0) is 39.3 Å². The summed E-state index contributed by atoms with van der Waals surface area (Å²) in [5, 5.41) is 11.8. The Balaban J connectivity index is 2.81. The highest BCUT2D eigenvalue weighted by Crippen LogP contribution is 2.27. The summed E-state index contributed by atoms with van der Waals surface area (Å²) in [6, 6.07) is 4.56. The first-order valence-corrected chi connectivity index (χ1v) is 8.79. The van der Waals surface area contributed by atoms with Gasteiger partial charge in [-0.2, -0.15) is 0 Å². The molecule has 27 heavy (non-hydrogen) atoms. The van der Waals surface area contributed by atoms with Crippen molar-refractivity contribution in [2.24, 2.45) is 5.73 Å². The first-order valence-electron chi connectivity index (χ1n) is 8.41. The molecule has 1 unspecified atom stereocenters. The van der Waals surface area contributed by atoms with Gasteiger partial charge in [-0.1, -0.05) is 29.5 Å². The van der Waals surface area contributed by atoms with Crippen LogP contribution in [0.3, 0.4) is 0 Å². The van der Waals surface area contributed by atoms with E-state index in [9.17, 15) is 9.59 Å². The maximum Gasteiger partial charge on any atom is 0.407 e. The Kier molecular flexibility index (Phi) is 8.92. The highest BCUT2D eigenvalue weighted by atomic mass is 35.5. The van der Waals surface area contributed by atoms with Crippen molar-refractivity contribution in [2.75, 3.05) is 13.2 Å². The predicted molar refractivity (Wildman–Crippen MR) is 102 cm³/mol. The topological polar surface area (TPSA) is 111 Å². The summed E-state index contributed by atoms with van der Waals surface area (Å²) in [4.78, 5) is 23.1. The van der Waals surface area contributed by atoms with Crippen LogP contribution in [0.25, 0.3) is 0 Å². The minimum absolute atomic E-state index is 0.0587. The van der Waals surface area contributed by atoms with E-state index in [1.807, 2.05) is 0 Å². The third kappa shape index (κ3) is 9.18. The molecule has 0 aliphatic carbocycles. The van der Waals surface area contributed by atoms with Gasteiger partial charge in [0.15, 0.2) is 0 Å². The fraction of sp³-hybridized carbons (Fsp3) is 0.474. The van der Waals surface area contributed by atoms with E-state index < -0.39 is 23.6 Å². The highest BCUT2D eigenvalue weighted by Gasteiger charge is 2.21. The van der Waals surface area contributed by atoms with E-state index in [0.717, 1.165) is 0 Å². The molecule has 0 bridgehead atoms. The molecule has 7 nitrogen and oxygen atoms in total. The number of carbonyl (C=O) groups excluding carboxylic acids is 2. The van der Waals surface area contributed by atoms with Crippen LogP contribution in [0.5, 0.6) is 5.75 Å². The normalized spacial score (nSPS) is 11.7. The summed E-state index contributed by atoms with van der Waals surface area (Å²) in [5.74, 6) is 5.14. The number of hydrogen-bond donors (Lipinski definition) is 3. The van der Waals surface area contributed by atoms with Crippen LogP contribution in [-0.4, -0.2) is 42.0 Å². The molecule has 1 aromatic carbocycles. The smallest absolute Gasteiger partial charge is 0.407 e. The zero-order chi connectivity index (χ0) is 20.4. The van der Waals surface area contributed by atoms with Gasteiger partial charge in [0, 0.05) is 12.0 Å². The van der Waals surface area contributed by atoms with Crippen LogP contribution < -0.4 is 15.8 Å². The Morgan fingerprint density at radius 1 is 1.37 bits per heavy atom. The van der Waals surface area contributed by atoms with Crippen molar-refractivity contribution in [2.45, 2.75) is 45.3 Å². The molecule has 2 amide bonds. The predicted octanol–water partition coefficient (Wildman–Crippen LogP) is 2.22. The Bertz CT molecular complexity index is 719. The summed E-state index contributed by atoms with van der Waals surface area (Å²) < 4.78 is 10.9. The number of ether oxygens (including phenoxy) is 2. The Morgan fingerprint density at radius 3 is 2.67 bits per heavy atom. The molecule has 0 radical (unpaired) electrons. The number of rotatable bonds is 7. The second-order valence-corrected chi connectivity index (χ2v) is 7.11. The molecule has 0 aliphatic rings. The number of hydrogen-bond acceptors (Lipinski definition) is 5. The van der Waals surface area contributed by atoms with Gasteiger partial charge in [0.05, 0.1) is 11.1 Å². The van der Waals surface area contributed by atoms with Gasteiger partial charge in [-0.15, -0.1) is 0 Å². The molecule has 0 aliphatic heterocycles. The number of nitrogens with one attached hydrogen (secondary N) is 1. The van der Waals surface area contributed by atoms with Crippen LogP contribution in [0.4, 0.5) is 4.79 Å². The van der Waals surface area contributed by atoms with Crippen LogP contribution >= 0.6 is 11.6 Å². The lowest BCUT2D eigenvalue weighted by Crippen LogP contribution is -2.42. The average Bonchev–Trinajstić information content (AvgIpc) is 2.55. The number of alkyl carbamates (subject to hydrolysis) is 1. The molecule has 4 N–H and O–H groups in total. The van der Waals surface area contributed by atoms with Crippen molar-refractivity contribution < 1.29 is 24.2 Å². The maximum atomic E-state index is 12.0. The Hall–Kier alpha value is -2.43. The molecule has 0 spiro atoms. The largest absolute Gasteiger partial charge is 0.490 e. The van der Waals surface area contributed by atoms with Gasteiger partial charge in [0.2, 0.25) is 5.91 Å². The molecular weight excluding hydrogens is 372 g/mol. The SMILES string of the molecule is CC(C)(C)OC(=O)NC(CCC(N)=O)COc1cccc(C#CCO)c1Cl. The van der Waals surface area contributed by atoms with Crippen LogP contribution in [0.2, 0.25) is 5.02 Å². The zero-order valence-corrected chi connectivity index (χ0v) is 16.4. The lowest BCUT2D eigenvalue weighted by Gasteiger charge is -2.24. The first kappa shape index (κ1) is 22.6. The quantitative estimate of drug-likeness (QED) is 0.612. The van der Waals surface area contributed by atoms with Crippen molar-refractivity contribution >= 4 is 23.6 Å². The molecule has 1 atom stereocenters. The first-order chi connectivity index (χ1) is 12.6. The van der Waals surface area contributed by atoms with Crippen LogP contribution in [0, 0.1) is 11.8 Å². The number of halogens is 1. The minimum atomic E-state index is -0.651. The lowest BCUT2D eigenvalue weighted by molar-refractivity contribution is -0.118. The molecule has 0 heterocycles. The van der Waals surface area contributed by atoms with E-state index in [2.05, 4.69) is 17.2 Å². The van der Waals surface area contributed by atoms with E-state index in [1.54, 1.807) is 39.0 Å². The fourth-order valence-electron chi connectivity index (χ4n) is 2.03. The summed E-state index contributed by atoms with van der Waals surface area (Å²) in [6.45, 7) is 5.03. The van der Waals surface area contributed by atoms with Crippen molar-refractivity contribution in [3.8, 4) is 17.6 Å². The van der Waals surface area contributed by atoms with Crippen molar-refractivity contribution in [3.63, 3.8) is 0 Å². The molecule has 148 valence electrons. The maximum absolute atomic E-state index is 12.0. The number of primary amides is 1. The van der Waals surface area contributed by atoms with E-state index in [4.69, 9.17) is 31.9 Å². The molecule has 8 heteroatoms. The van der Waals surface area contributed by atoms with Crippen LogP contribution in [-0.2, 0) is 9.53 Å². The third-order valence-corrected chi connectivity index (χ3v) is 3.56. The second kappa shape index (κ2) is 10.7. The summed E-state index contributed by atoms with van der Waals surface area (Å²) in [7, 11) is 0. The van der Waals surface area contributed by atoms with E-state index in [0.29, 0.717) is 16.3 Å². The van der Waals surface area contributed by atoms with Gasteiger partial charge in [0.1, 0.15) is 24.6 Å². The number of aliphatic hydroxyl groups excluding tert-OH is 1. The molecule has 0 saturated carbocycles. The standard InChI is InChI=1S/C19H25ClN2O5/c1-19(2,3)27-18(25)22-14(9-10-16(21)24)12-26-15-8-4-6-13(17(15)20)7-5-11-23/h4,6,8,14,23H,9-12H2,1-3H3,(H2,21,24)(H,22,25). The van der Waals surface area contributed by atoms with Crippen molar-refractivity contribution in [1.29, 1.82) is 0 Å². The molecule has 1 aromatic rings. The third-order valence-electron chi connectivity index (χ3n) is 3.17. The van der Waals surface area contributed by atoms with Crippen molar-refractivity contribution in [1.82, 2.24) is 5.32 Å². The molecule has 1 rings (SSSR count). The van der Waals surface area contributed by atoms with E-state index in [-0.39, 0.29) is 26.1 Å². The number of aliphatic hydroxyl groups is 1. The van der Waals surface area contributed by atoms with Crippen LogP contribution in [0.15, 0.2) is 18.2 Å². The average molecular weight is 397 g/mol. The highest BCUT2D eigenvalue weighted by molar-refractivity contribution is 6.33. The second-order valence-electron chi connectivity index (χ2n) is 6.74. The fourth-order valence-corrected chi connectivity index (χ4v) is 2.26. The van der Waals surface area contributed by atoms with Gasteiger partial charge in [-0.3, -0.25) is 4.79 Å². The van der Waals surface area contributed by atoms with Gasteiger partial charge >= 0.3 is 6.09 Å². The number of benzene rings is 1. The zero-order valence-electron chi connectivity index (χ0n) is 15.7. The van der Waals surface area contributed by atoms with Crippen LogP contribution in [0.1, 0.15) is 39.2 Å². The summed E-state index contributed by atoms with van der Waals surface area (Å²) in [5.41, 5.74) is 5.05. The lowest BCUT2D eigenvalue weighted by atomic mass is 10.1. The molecule has 0 fully saturated rings. The molecule has 0 aromatic heterocycles. The minimum Gasteiger partial charge on any atom is -0.490 e. The molecule has 0 saturated heterocycles. The summed E-state index contributed by atoms with van der Waals surface area (Å²) in [6.07, 6.45) is -0.246. The Morgan fingerprint density at radius 2 is 2.07 bits per heavy atom. The van der Waals surface area contributed by atoms with E-state index >= 15 is 0 Å². The molecular formula is C19H25ClN2O5.